The van der Waals surface area contributed by atoms with E-state index < -0.39 is 6.03 Å². The molecule has 7 heteroatoms. The van der Waals surface area contributed by atoms with Crippen molar-refractivity contribution in [3.05, 3.63) is 24.3 Å². The Kier molecular flexibility index (Phi) is 4.84. The first-order chi connectivity index (χ1) is 9.83. The Hall–Kier alpha value is -1.60. The average molecular weight is 323 g/mol. The van der Waals surface area contributed by atoms with Crippen molar-refractivity contribution in [1.82, 2.24) is 15.6 Å². The molecular weight excluding hydrogens is 306 g/mol. The number of aromatic nitrogens is 1. The molecule has 21 heavy (non-hydrogen) atoms. The zero-order valence-corrected chi connectivity index (χ0v) is 13.7. The van der Waals surface area contributed by atoms with Crippen LogP contribution in [-0.4, -0.2) is 28.2 Å². The van der Waals surface area contributed by atoms with E-state index in [1.165, 1.54) is 23.1 Å². The summed E-state index contributed by atoms with van der Waals surface area (Å²) in [6, 6.07) is 7.34. The molecule has 2 N–H and O–H groups in total. The fourth-order valence-electron chi connectivity index (χ4n) is 1.57. The summed E-state index contributed by atoms with van der Waals surface area (Å²) in [5.41, 5.74) is 0.556. The molecule has 0 saturated heterocycles. The van der Waals surface area contributed by atoms with Crippen LogP contribution >= 0.6 is 23.1 Å². The van der Waals surface area contributed by atoms with E-state index in [-0.39, 0.29) is 17.2 Å². The number of fused-ring (bicyclic) bond motifs is 1. The average Bonchev–Trinajstić information content (AvgIpc) is 2.76. The molecule has 1 aromatic heterocycles. The number of amides is 3. The molecule has 0 unspecified atom stereocenters. The van der Waals surface area contributed by atoms with Gasteiger partial charge in [0, 0.05) is 5.54 Å². The van der Waals surface area contributed by atoms with Gasteiger partial charge in [0.1, 0.15) is 0 Å². The Morgan fingerprint density at radius 3 is 2.67 bits per heavy atom. The fraction of sp³-hybridized carbons (Fsp3) is 0.357. The molecule has 112 valence electrons. The third kappa shape index (κ3) is 5.02. The molecule has 0 radical (unpaired) electrons. The van der Waals surface area contributed by atoms with Gasteiger partial charge in [-0.25, -0.2) is 9.78 Å². The predicted molar refractivity (Wildman–Crippen MR) is 86.8 cm³/mol. The summed E-state index contributed by atoms with van der Waals surface area (Å²) in [5.74, 6) is -0.168. The number of thioether (sulfide) groups is 1. The van der Waals surface area contributed by atoms with E-state index in [1.54, 1.807) is 0 Å². The van der Waals surface area contributed by atoms with E-state index >= 15 is 0 Å². The molecule has 0 aliphatic rings. The molecule has 1 aromatic carbocycles. The number of carbonyl (C=O) groups excluding carboxylic acids is 2. The van der Waals surface area contributed by atoms with Gasteiger partial charge in [0.05, 0.1) is 16.0 Å². The maximum atomic E-state index is 11.7. The van der Waals surface area contributed by atoms with E-state index in [0.29, 0.717) is 0 Å². The molecular formula is C14H17N3O2S2. The number of hydrogen-bond donors (Lipinski definition) is 2. The standard InChI is InChI=1S/C14H17N3O2S2/c1-14(2,3)17-12(19)16-11(18)8-20-13-15-9-6-4-5-7-10(9)21-13/h4-7H,8H2,1-3H3,(H2,16,17,18,19). The Morgan fingerprint density at radius 2 is 2.00 bits per heavy atom. The number of urea groups is 1. The third-order valence-corrected chi connectivity index (χ3v) is 4.52. The number of hydrogen-bond acceptors (Lipinski definition) is 5. The van der Waals surface area contributed by atoms with Crippen LogP contribution in [0.2, 0.25) is 0 Å². The predicted octanol–water partition coefficient (Wildman–Crippen LogP) is 3.01. The van der Waals surface area contributed by atoms with Gasteiger partial charge >= 0.3 is 6.03 Å². The van der Waals surface area contributed by atoms with Crippen molar-refractivity contribution >= 4 is 45.3 Å². The minimum absolute atomic E-state index is 0.164. The van der Waals surface area contributed by atoms with Gasteiger partial charge in [-0.2, -0.15) is 0 Å². The maximum Gasteiger partial charge on any atom is 0.321 e. The minimum Gasteiger partial charge on any atom is -0.333 e. The van der Waals surface area contributed by atoms with Gasteiger partial charge in [-0.05, 0) is 32.9 Å². The van der Waals surface area contributed by atoms with Crippen molar-refractivity contribution < 1.29 is 9.59 Å². The largest absolute Gasteiger partial charge is 0.333 e. The summed E-state index contributed by atoms with van der Waals surface area (Å²) in [7, 11) is 0. The minimum atomic E-state index is -0.475. The summed E-state index contributed by atoms with van der Waals surface area (Å²) >= 11 is 2.87. The molecule has 0 aliphatic carbocycles. The molecule has 3 amide bonds. The highest BCUT2D eigenvalue weighted by Crippen LogP contribution is 2.28. The van der Waals surface area contributed by atoms with Crippen LogP contribution in [0.25, 0.3) is 10.2 Å². The zero-order valence-electron chi connectivity index (χ0n) is 12.1. The summed E-state index contributed by atoms with van der Waals surface area (Å²) in [5, 5.41) is 4.98. The van der Waals surface area contributed by atoms with E-state index in [2.05, 4.69) is 15.6 Å². The molecule has 5 nitrogen and oxygen atoms in total. The highest BCUT2D eigenvalue weighted by Gasteiger charge is 2.16. The Balaban J connectivity index is 1.85. The summed E-state index contributed by atoms with van der Waals surface area (Å²) in [6.45, 7) is 5.56. The number of rotatable bonds is 3. The number of thiazole rings is 1. The van der Waals surface area contributed by atoms with Crippen LogP contribution in [0.4, 0.5) is 4.79 Å². The van der Waals surface area contributed by atoms with Crippen LogP contribution in [0.5, 0.6) is 0 Å². The first-order valence-corrected chi connectivity index (χ1v) is 8.24. The van der Waals surface area contributed by atoms with Crippen LogP contribution < -0.4 is 10.6 Å². The molecule has 2 aromatic rings. The summed E-state index contributed by atoms with van der Waals surface area (Å²) in [4.78, 5) is 27.7. The molecule has 0 fully saturated rings. The van der Waals surface area contributed by atoms with Crippen LogP contribution in [0.15, 0.2) is 28.6 Å². The lowest BCUT2D eigenvalue weighted by Crippen LogP contribution is -2.48. The van der Waals surface area contributed by atoms with Crippen LogP contribution in [0.3, 0.4) is 0 Å². The topological polar surface area (TPSA) is 71.1 Å². The van der Waals surface area contributed by atoms with Gasteiger partial charge in [0.25, 0.3) is 0 Å². The summed E-state index contributed by atoms with van der Waals surface area (Å²) in [6.07, 6.45) is 0. The number of benzene rings is 1. The van der Waals surface area contributed by atoms with Gasteiger partial charge in [-0.3, -0.25) is 10.1 Å². The highest BCUT2D eigenvalue weighted by atomic mass is 32.2. The normalized spacial score (nSPS) is 11.4. The van der Waals surface area contributed by atoms with Crippen molar-refractivity contribution in [3.8, 4) is 0 Å². The quantitative estimate of drug-likeness (QED) is 0.852. The Bertz CT molecular complexity index is 629. The monoisotopic (exact) mass is 323 g/mol. The van der Waals surface area contributed by atoms with Gasteiger partial charge in [-0.1, -0.05) is 23.9 Å². The molecule has 2 rings (SSSR count). The second kappa shape index (κ2) is 6.44. The lowest BCUT2D eigenvalue weighted by Gasteiger charge is -2.20. The van der Waals surface area contributed by atoms with Crippen molar-refractivity contribution in [1.29, 1.82) is 0 Å². The number of carbonyl (C=O) groups is 2. The van der Waals surface area contributed by atoms with Crippen LogP contribution in [0.1, 0.15) is 20.8 Å². The Labute approximate surface area is 131 Å². The fourth-order valence-corrected chi connectivity index (χ4v) is 3.44. The molecule has 1 heterocycles. The Morgan fingerprint density at radius 1 is 1.29 bits per heavy atom. The molecule has 0 bridgehead atoms. The number of nitrogens with zero attached hydrogens (tertiary/aromatic N) is 1. The number of para-hydroxylation sites is 1. The molecule has 0 saturated carbocycles. The number of imide groups is 1. The highest BCUT2D eigenvalue weighted by molar-refractivity contribution is 8.01. The first-order valence-electron chi connectivity index (χ1n) is 6.44. The maximum absolute atomic E-state index is 11.7. The van der Waals surface area contributed by atoms with Gasteiger partial charge in [-0.15, -0.1) is 11.3 Å². The molecule has 0 spiro atoms. The van der Waals surface area contributed by atoms with E-state index in [9.17, 15) is 9.59 Å². The smallest absolute Gasteiger partial charge is 0.321 e. The van der Waals surface area contributed by atoms with Gasteiger partial charge in [0.2, 0.25) is 5.91 Å². The van der Waals surface area contributed by atoms with E-state index in [4.69, 9.17) is 0 Å². The van der Waals surface area contributed by atoms with Crippen molar-refractivity contribution in [3.63, 3.8) is 0 Å². The number of nitrogens with one attached hydrogen (secondary N) is 2. The van der Waals surface area contributed by atoms with E-state index in [1.807, 2.05) is 45.0 Å². The molecule has 0 aliphatic heterocycles. The zero-order chi connectivity index (χ0) is 15.5. The third-order valence-electron chi connectivity index (χ3n) is 2.34. The SMILES string of the molecule is CC(C)(C)NC(=O)NC(=O)CSc1nc2ccccc2s1. The second-order valence-corrected chi connectivity index (χ2v) is 7.74. The van der Waals surface area contributed by atoms with Crippen LogP contribution in [-0.2, 0) is 4.79 Å². The van der Waals surface area contributed by atoms with Gasteiger partial charge in [0.15, 0.2) is 4.34 Å². The first kappa shape index (κ1) is 15.8. The van der Waals surface area contributed by atoms with Crippen molar-refractivity contribution in [2.24, 2.45) is 0 Å². The summed E-state index contributed by atoms with van der Waals surface area (Å²) < 4.78 is 1.91. The van der Waals surface area contributed by atoms with Crippen molar-refractivity contribution in [2.45, 2.75) is 30.6 Å². The van der Waals surface area contributed by atoms with Crippen molar-refractivity contribution in [2.75, 3.05) is 5.75 Å². The second-order valence-electron chi connectivity index (χ2n) is 5.49. The lowest BCUT2D eigenvalue weighted by molar-refractivity contribution is -0.117. The van der Waals surface area contributed by atoms with Gasteiger partial charge < -0.3 is 5.32 Å². The van der Waals surface area contributed by atoms with Crippen LogP contribution in [0, 0.1) is 0 Å². The van der Waals surface area contributed by atoms with E-state index in [0.717, 1.165) is 14.6 Å². The lowest BCUT2D eigenvalue weighted by atomic mass is 10.1. The molecule has 0 atom stereocenters.